The quantitative estimate of drug-likeness (QED) is 0.470. The van der Waals surface area contributed by atoms with Gasteiger partial charge in [0.25, 0.3) is 0 Å². The van der Waals surface area contributed by atoms with Crippen LogP contribution in [-0.2, 0) is 4.79 Å². The van der Waals surface area contributed by atoms with E-state index in [1.54, 1.807) is 24.3 Å². The predicted octanol–water partition coefficient (Wildman–Crippen LogP) is 5.15. The molecule has 3 aromatic rings. The van der Waals surface area contributed by atoms with Crippen LogP contribution < -0.4 is 14.8 Å². The Balaban J connectivity index is 1.66. The molecule has 0 atom stereocenters. The van der Waals surface area contributed by atoms with Crippen molar-refractivity contribution in [2.45, 2.75) is 18.9 Å². The zero-order valence-corrected chi connectivity index (χ0v) is 18.2. The highest BCUT2D eigenvalue weighted by Gasteiger charge is 2.11. The summed E-state index contributed by atoms with van der Waals surface area (Å²) < 4.78 is 10.9. The molecule has 0 radical (unpaired) electrons. The summed E-state index contributed by atoms with van der Waals surface area (Å²) in [6.07, 6.45) is 0. The first-order valence-corrected chi connectivity index (χ1v) is 10.9. The second kappa shape index (κ2) is 11.0. The van der Waals surface area contributed by atoms with Gasteiger partial charge in [-0.2, -0.15) is 5.26 Å². The van der Waals surface area contributed by atoms with Crippen molar-refractivity contribution in [2.24, 2.45) is 0 Å². The van der Waals surface area contributed by atoms with Crippen LogP contribution in [0.25, 0.3) is 11.3 Å². The average Bonchev–Trinajstić information content (AvgIpc) is 2.80. The highest BCUT2D eigenvalue weighted by molar-refractivity contribution is 8.00. The fraction of sp³-hybridized carbons (Fsp3) is 0.208. The maximum atomic E-state index is 12.4. The van der Waals surface area contributed by atoms with Crippen LogP contribution in [-0.4, -0.2) is 29.9 Å². The molecule has 3 rings (SSSR count). The number of rotatable bonds is 9. The van der Waals surface area contributed by atoms with Crippen molar-refractivity contribution in [1.82, 2.24) is 4.98 Å². The first kappa shape index (κ1) is 22.2. The zero-order chi connectivity index (χ0) is 22.1. The van der Waals surface area contributed by atoms with E-state index in [4.69, 9.17) is 9.47 Å². The van der Waals surface area contributed by atoms with Gasteiger partial charge < -0.3 is 14.8 Å². The van der Waals surface area contributed by atoms with E-state index in [-0.39, 0.29) is 11.7 Å². The molecule has 0 unspecified atom stereocenters. The Bertz CT molecular complexity index is 1060. The molecular weight excluding hydrogens is 410 g/mol. The minimum atomic E-state index is -0.175. The molecule has 0 saturated carbocycles. The summed E-state index contributed by atoms with van der Waals surface area (Å²) >= 11 is 1.24. The molecule has 1 amide bonds. The maximum Gasteiger partial charge on any atom is 0.234 e. The minimum Gasteiger partial charge on any atom is -0.494 e. The van der Waals surface area contributed by atoms with Gasteiger partial charge in [-0.05, 0) is 74.5 Å². The summed E-state index contributed by atoms with van der Waals surface area (Å²) in [5.41, 5.74) is 2.77. The van der Waals surface area contributed by atoms with E-state index in [1.165, 1.54) is 11.8 Å². The Morgan fingerprint density at radius 2 is 1.58 bits per heavy atom. The summed E-state index contributed by atoms with van der Waals surface area (Å²) in [5, 5.41) is 12.8. The third-order valence-corrected chi connectivity index (χ3v) is 5.22. The summed E-state index contributed by atoms with van der Waals surface area (Å²) in [7, 11) is 0. The highest BCUT2D eigenvalue weighted by atomic mass is 32.2. The standard InChI is InChI=1S/C24H23N3O3S/c1-3-29-20-10-5-17(6-11-20)22-14-7-18(15-25)24(27-22)31-16-23(28)26-19-8-12-21(13-9-19)30-4-2/h5-14H,3-4,16H2,1-2H3,(H,26,28). The Labute approximate surface area is 186 Å². The van der Waals surface area contributed by atoms with Crippen molar-refractivity contribution in [3.05, 3.63) is 66.2 Å². The van der Waals surface area contributed by atoms with Crippen molar-refractivity contribution < 1.29 is 14.3 Å². The molecule has 1 heterocycles. The first-order chi connectivity index (χ1) is 15.1. The number of nitrogens with zero attached hydrogens (tertiary/aromatic N) is 2. The number of benzene rings is 2. The number of carbonyl (C=O) groups excluding carboxylic acids is 1. The molecule has 31 heavy (non-hydrogen) atoms. The molecule has 0 aliphatic heterocycles. The predicted molar refractivity (Wildman–Crippen MR) is 123 cm³/mol. The number of ether oxygens (including phenoxy) is 2. The van der Waals surface area contributed by atoms with Gasteiger partial charge >= 0.3 is 0 Å². The molecule has 2 aromatic carbocycles. The third-order valence-electron chi connectivity index (χ3n) is 4.23. The van der Waals surface area contributed by atoms with Crippen LogP contribution in [0, 0.1) is 11.3 Å². The average molecular weight is 434 g/mol. The SMILES string of the molecule is CCOc1ccc(NC(=O)CSc2nc(-c3ccc(OCC)cc3)ccc2C#N)cc1. The van der Waals surface area contributed by atoms with Crippen molar-refractivity contribution in [2.75, 3.05) is 24.3 Å². The Morgan fingerprint density at radius 1 is 0.968 bits per heavy atom. The fourth-order valence-electron chi connectivity index (χ4n) is 2.82. The summed E-state index contributed by atoms with van der Waals surface area (Å²) in [6.45, 7) is 5.05. The van der Waals surface area contributed by atoms with Gasteiger partial charge in [0.05, 0.1) is 30.2 Å². The number of hydrogen-bond donors (Lipinski definition) is 1. The topological polar surface area (TPSA) is 84.2 Å². The molecule has 0 aliphatic carbocycles. The van der Waals surface area contributed by atoms with E-state index in [2.05, 4.69) is 16.4 Å². The summed E-state index contributed by atoms with van der Waals surface area (Å²) in [5.74, 6) is 1.51. The first-order valence-electron chi connectivity index (χ1n) is 9.92. The van der Waals surface area contributed by atoms with E-state index < -0.39 is 0 Å². The second-order valence-corrected chi connectivity index (χ2v) is 7.38. The van der Waals surface area contributed by atoms with Crippen molar-refractivity contribution >= 4 is 23.4 Å². The molecule has 0 aliphatic rings. The Kier molecular flexibility index (Phi) is 7.91. The number of aromatic nitrogens is 1. The number of pyridine rings is 1. The molecule has 1 N–H and O–H groups in total. The monoisotopic (exact) mass is 433 g/mol. The number of thioether (sulfide) groups is 1. The maximum absolute atomic E-state index is 12.4. The van der Waals surface area contributed by atoms with Gasteiger partial charge in [0.2, 0.25) is 5.91 Å². The van der Waals surface area contributed by atoms with E-state index >= 15 is 0 Å². The van der Waals surface area contributed by atoms with Gasteiger partial charge in [0.15, 0.2) is 0 Å². The van der Waals surface area contributed by atoms with Crippen molar-refractivity contribution in [1.29, 1.82) is 5.26 Å². The lowest BCUT2D eigenvalue weighted by atomic mass is 10.1. The number of nitriles is 1. The number of hydrogen-bond acceptors (Lipinski definition) is 6. The number of carbonyl (C=O) groups is 1. The van der Waals surface area contributed by atoms with E-state index in [0.717, 1.165) is 22.8 Å². The largest absolute Gasteiger partial charge is 0.494 e. The van der Waals surface area contributed by atoms with Gasteiger partial charge in [-0.3, -0.25) is 4.79 Å². The van der Waals surface area contributed by atoms with Gasteiger partial charge in [-0.15, -0.1) is 0 Å². The Morgan fingerprint density at radius 3 is 2.16 bits per heavy atom. The molecular formula is C24H23N3O3S. The number of anilines is 1. The molecule has 6 nitrogen and oxygen atoms in total. The lowest BCUT2D eigenvalue weighted by Gasteiger charge is -2.09. The minimum absolute atomic E-state index is 0.140. The highest BCUT2D eigenvalue weighted by Crippen LogP contribution is 2.27. The summed E-state index contributed by atoms with van der Waals surface area (Å²) in [4.78, 5) is 17.0. The van der Waals surface area contributed by atoms with Crippen LogP contribution in [0.15, 0.2) is 65.7 Å². The summed E-state index contributed by atoms with van der Waals surface area (Å²) in [6, 6.07) is 20.5. The van der Waals surface area contributed by atoms with Crippen LogP contribution in [0.4, 0.5) is 5.69 Å². The molecule has 0 saturated heterocycles. The molecule has 1 aromatic heterocycles. The molecule has 0 bridgehead atoms. The smallest absolute Gasteiger partial charge is 0.234 e. The Hall–Kier alpha value is -3.50. The third kappa shape index (κ3) is 6.24. The normalized spacial score (nSPS) is 10.2. The lowest BCUT2D eigenvalue weighted by Crippen LogP contribution is -2.14. The molecule has 158 valence electrons. The van der Waals surface area contributed by atoms with Crippen LogP contribution in [0.2, 0.25) is 0 Å². The van der Waals surface area contributed by atoms with Gasteiger partial charge in [-0.1, -0.05) is 11.8 Å². The van der Waals surface area contributed by atoms with E-state index in [1.807, 2.05) is 50.2 Å². The van der Waals surface area contributed by atoms with Crippen LogP contribution in [0.5, 0.6) is 11.5 Å². The van der Waals surface area contributed by atoms with E-state index in [9.17, 15) is 10.1 Å². The molecule has 7 heteroatoms. The van der Waals surface area contributed by atoms with Gasteiger partial charge in [0.1, 0.15) is 22.6 Å². The molecule has 0 fully saturated rings. The van der Waals surface area contributed by atoms with Crippen LogP contribution in [0.1, 0.15) is 19.4 Å². The van der Waals surface area contributed by atoms with Crippen LogP contribution >= 0.6 is 11.8 Å². The lowest BCUT2D eigenvalue weighted by molar-refractivity contribution is -0.113. The van der Waals surface area contributed by atoms with Gasteiger partial charge in [0, 0.05) is 11.3 Å². The molecule has 0 spiro atoms. The van der Waals surface area contributed by atoms with Crippen molar-refractivity contribution in [3.8, 4) is 28.8 Å². The number of amides is 1. The van der Waals surface area contributed by atoms with Crippen LogP contribution in [0.3, 0.4) is 0 Å². The van der Waals surface area contributed by atoms with Gasteiger partial charge in [-0.25, -0.2) is 4.98 Å². The fourth-order valence-corrected chi connectivity index (χ4v) is 3.59. The zero-order valence-electron chi connectivity index (χ0n) is 17.4. The second-order valence-electron chi connectivity index (χ2n) is 6.41. The van der Waals surface area contributed by atoms with Crippen molar-refractivity contribution in [3.63, 3.8) is 0 Å². The number of nitrogens with one attached hydrogen (secondary N) is 1. The van der Waals surface area contributed by atoms with E-state index in [0.29, 0.717) is 29.5 Å².